The molecule has 2 aromatic rings. The Morgan fingerprint density at radius 3 is 2.61 bits per heavy atom. The van der Waals surface area contributed by atoms with Crippen molar-refractivity contribution in [2.75, 3.05) is 7.05 Å². The first-order valence-corrected chi connectivity index (χ1v) is 7.50. The maximum Gasteiger partial charge on any atom is 0.425 e. The third-order valence-corrected chi connectivity index (χ3v) is 4.07. The van der Waals surface area contributed by atoms with Gasteiger partial charge in [0.15, 0.2) is 0 Å². The second-order valence-electron chi connectivity index (χ2n) is 5.12. The highest BCUT2D eigenvalue weighted by Gasteiger charge is 2.58. The van der Waals surface area contributed by atoms with Crippen LogP contribution in [0.3, 0.4) is 0 Å². The van der Waals surface area contributed by atoms with E-state index in [1.807, 2.05) is 0 Å². The summed E-state index contributed by atoms with van der Waals surface area (Å²) >= 11 is 1.28. The van der Waals surface area contributed by atoms with Gasteiger partial charge < -0.3 is 14.4 Å². The van der Waals surface area contributed by atoms with Crippen molar-refractivity contribution in [3.63, 3.8) is 0 Å². The van der Waals surface area contributed by atoms with Crippen molar-refractivity contribution in [1.29, 1.82) is 0 Å². The van der Waals surface area contributed by atoms with Crippen molar-refractivity contribution in [2.24, 2.45) is 0 Å². The molecule has 5 nitrogen and oxygen atoms in total. The summed E-state index contributed by atoms with van der Waals surface area (Å²) in [7, 11) is 1.36. The number of nitrogens with zero attached hydrogens (tertiary/aromatic N) is 2. The molecule has 0 aliphatic heterocycles. The van der Waals surface area contributed by atoms with Gasteiger partial charge in [0.25, 0.3) is 0 Å². The number of aliphatic hydroxyl groups is 1. The zero-order chi connectivity index (χ0) is 17.3. The van der Waals surface area contributed by atoms with Gasteiger partial charge in [0, 0.05) is 18.6 Å². The SMILES string of the molecule is Cc1ccc(C(O)(CC(=O)N(C)Cc2nccs2)C(F)(F)F)o1. The van der Waals surface area contributed by atoms with E-state index in [4.69, 9.17) is 4.42 Å². The number of carbonyl (C=O) groups is 1. The van der Waals surface area contributed by atoms with Crippen molar-refractivity contribution in [3.8, 4) is 0 Å². The van der Waals surface area contributed by atoms with Crippen molar-refractivity contribution in [2.45, 2.75) is 31.7 Å². The number of halogens is 3. The lowest BCUT2D eigenvalue weighted by Gasteiger charge is -2.29. The molecule has 1 N–H and O–H groups in total. The van der Waals surface area contributed by atoms with E-state index in [-0.39, 0.29) is 12.3 Å². The fourth-order valence-electron chi connectivity index (χ4n) is 1.96. The largest absolute Gasteiger partial charge is 0.463 e. The molecule has 0 bridgehead atoms. The number of aromatic nitrogens is 1. The van der Waals surface area contributed by atoms with E-state index in [2.05, 4.69) is 4.98 Å². The summed E-state index contributed by atoms with van der Waals surface area (Å²) in [5.41, 5.74) is -3.37. The van der Waals surface area contributed by atoms with Crippen LogP contribution >= 0.6 is 11.3 Å². The molecule has 0 radical (unpaired) electrons. The predicted molar refractivity (Wildman–Crippen MR) is 76.6 cm³/mol. The number of hydrogen-bond acceptors (Lipinski definition) is 5. The highest BCUT2D eigenvalue weighted by molar-refractivity contribution is 7.09. The number of amides is 1. The molecule has 9 heteroatoms. The Morgan fingerprint density at radius 1 is 1.43 bits per heavy atom. The Balaban J connectivity index is 2.19. The molecule has 126 valence electrons. The molecule has 0 saturated heterocycles. The second-order valence-corrected chi connectivity index (χ2v) is 6.10. The lowest BCUT2D eigenvalue weighted by Crippen LogP contribution is -2.46. The first-order chi connectivity index (χ1) is 10.6. The van der Waals surface area contributed by atoms with Gasteiger partial charge >= 0.3 is 6.18 Å². The molecule has 0 fully saturated rings. The van der Waals surface area contributed by atoms with Gasteiger partial charge in [-0.05, 0) is 19.1 Å². The van der Waals surface area contributed by atoms with Gasteiger partial charge in [0.05, 0.1) is 13.0 Å². The molecule has 1 atom stereocenters. The molecule has 1 amide bonds. The summed E-state index contributed by atoms with van der Waals surface area (Å²) < 4.78 is 44.8. The minimum Gasteiger partial charge on any atom is -0.463 e. The number of hydrogen-bond donors (Lipinski definition) is 1. The Hall–Kier alpha value is -1.87. The van der Waals surface area contributed by atoms with Crippen molar-refractivity contribution >= 4 is 17.2 Å². The molecule has 2 aromatic heterocycles. The molecule has 2 rings (SSSR count). The average Bonchev–Trinajstić information content (AvgIpc) is 3.08. The van der Waals surface area contributed by atoms with Crippen LogP contribution in [0.2, 0.25) is 0 Å². The van der Waals surface area contributed by atoms with Crippen LogP contribution < -0.4 is 0 Å². The highest BCUT2D eigenvalue weighted by Crippen LogP contribution is 2.42. The number of thiazole rings is 1. The molecule has 0 aliphatic rings. The zero-order valence-electron chi connectivity index (χ0n) is 12.4. The summed E-state index contributed by atoms with van der Waals surface area (Å²) in [6.45, 7) is 1.53. The molecule has 0 spiro atoms. The Morgan fingerprint density at radius 2 is 2.13 bits per heavy atom. The van der Waals surface area contributed by atoms with Crippen molar-refractivity contribution < 1.29 is 27.5 Å². The molecule has 0 aromatic carbocycles. The summed E-state index contributed by atoms with van der Waals surface area (Å²) in [4.78, 5) is 17.2. The maximum atomic E-state index is 13.3. The monoisotopic (exact) mass is 348 g/mol. The molecular weight excluding hydrogens is 333 g/mol. The van der Waals surface area contributed by atoms with Crippen LogP contribution in [0.5, 0.6) is 0 Å². The third kappa shape index (κ3) is 3.73. The van der Waals surface area contributed by atoms with E-state index in [0.29, 0.717) is 5.01 Å². The number of aryl methyl sites for hydroxylation is 1. The van der Waals surface area contributed by atoms with Gasteiger partial charge in [-0.25, -0.2) is 4.98 Å². The van der Waals surface area contributed by atoms with Crippen LogP contribution in [0.4, 0.5) is 13.2 Å². The van der Waals surface area contributed by atoms with Gasteiger partial charge in [0.2, 0.25) is 11.5 Å². The topological polar surface area (TPSA) is 66.6 Å². The van der Waals surface area contributed by atoms with E-state index in [0.717, 1.165) is 11.0 Å². The maximum absolute atomic E-state index is 13.3. The van der Waals surface area contributed by atoms with Crippen molar-refractivity contribution in [1.82, 2.24) is 9.88 Å². The Bertz CT molecular complexity index is 669. The van der Waals surface area contributed by atoms with Crippen LogP contribution in [0, 0.1) is 6.92 Å². The Kier molecular flexibility index (Phi) is 4.81. The van der Waals surface area contributed by atoms with E-state index in [1.54, 1.807) is 5.38 Å². The fourth-order valence-corrected chi connectivity index (χ4v) is 2.63. The lowest BCUT2D eigenvalue weighted by atomic mass is 9.95. The van der Waals surface area contributed by atoms with Crippen molar-refractivity contribution in [3.05, 3.63) is 40.2 Å². The minimum absolute atomic E-state index is 0.0711. The van der Waals surface area contributed by atoms with Gasteiger partial charge in [-0.2, -0.15) is 13.2 Å². The molecule has 23 heavy (non-hydrogen) atoms. The van der Waals surface area contributed by atoms with Gasteiger partial charge in [-0.1, -0.05) is 0 Å². The summed E-state index contributed by atoms with van der Waals surface area (Å²) in [5, 5.41) is 12.4. The number of rotatable bonds is 5. The van der Waals surface area contributed by atoms with Crippen LogP contribution in [-0.4, -0.2) is 34.1 Å². The van der Waals surface area contributed by atoms with Crippen LogP contribution in [0.1, 0.15) is 22.9 Å². The van der Waals surface area contributed by atoms with Gasteiger partial charge in [-0.15, -0.1) is 11.3 Å². The van der Waals surface area contributed by atoms with E-state index in [9.17, 15) is 23.1 Å². The predicted octanol–water partition coefficient (Wildman–Crippen LogP) is 2.84. The molecular formula is C14H15F3N2O3S. The molecule has 0 saturated carbocycles. The highest BCUT2D eigenvalue weighted by atomic mass is 32.1. The summed E-state index contributed by atoms with van der Waals surface area (Å²) in [6, 6.07) is 2.33. The standard InChI is InChI=1S/C14H15F3N2O3S/c1-9-3-4-10(22-9)13(21,14(15,16)17)7-12(20)19(2)8-11-18-5-6-23-11/h3-6,21H,7-8H2,1-2H3. The van der Waals surface area contributed by atoms with E-state index in [1.165, 1.54) is 37.6 Å². The minimum atomic E-state index is -5.05. The number of furan rings is 1. The van der Waals surface area contributed by atoms with E-state index < -0.39 is 29.9 Å². The molecule has 2 heterocycles. The Labute approximate surface area is 134 Å². The molecule has 1 unspecified atom stereocenters. The first kappa shape index (κ1) is 17.5. The summed E-state index contributed by atoms with van der Waals surface area (Å²) in [6.07, 6.45) is -4.67. The average molecular weight is 348 g/mol. The van der Waals surface area contributed by atoms with Gasteiger partial charge in [-0.3, -0.25) is 4.79 Å². The second kappa shape index (κ2) is 6.32. The smallest absolute Gasteiger partial charge is 0.425 e. The lowest BCUT2D eigenvalue weighted by molar-refractivity contribution is -0.274. The first-order valence-electron chi connectivity index (χ1n) is 6.62. The zero-order valence-corrected chi connectivity index (χ0v) is 13.2. The summed E-state index contributed by atoms with van der Waals surface area (Å²) in [5.74, 6) is -1.35. The quantitative estimate of drug-likeness (QED) is 0.902. The fraction of sp³-hybridized carbons (Fsp3) is 0.429. The number of carbonyl (C=O) groups excluding carboxylic acids is 1. The number of alkyl halides is 3. The van der Waals surface area contributed by atoms with Gasteiger partial charge in [0.1, 0.15) is 16.5 Å². The third-order valence-electron chi connectivity index (χ3n) is 3.31. The van der Waals surface area contributed by atoms with E-state index >= 15 is 0 Å². The normalized spacial score (nSPS) is 14.5. The van der Waals surface area contributed by atoms with Crippen LogP contribution in [0.25, 0.3) is 0 Å². The van der Waals surface area contributed by atoms with Crippen LogP contribution in [-0.2, 0) is 16.9 Å². The van der Waals surface area contributed by atoms with Crippen LogP contribution in [0.15, 0.2) is 28.1 Å². The molecule has 0 aliphatic carbocycles.